The molecule has 12 heteroatoms. The first-order chi connectivity index (χ1) is 20.4. The minimum absolute atomic E-state index is 0.0930. The molecule has 2 atom stereocenters. The fourth-order valence-electron chi connectivity index (χ4n) is 5.57. The molecular formula is C31H32F2N4O5S. The van der Waals surface area contributed by atoms with E-state index in [9.17, 15) is 26.8 Å². The van der Waals surface area contributed by atoms with Gasteiger partial charge in [-0.15, -0.1) is 0 Å². The summed E-state index contributed by atoms with van der Waals surface area (Å²) in [6, 6.07) is 13.4. The van der Waals surface area contributed by atoms with Crippen molar-refractivity contribution in [1.82, 2.24) is 10.2 Å². The van der Waals surface area contributed by atoms with Gasteiger partial charge in [-0.3, -0.25) is 13.9 Å². The SMILES string of the molecule is CNC(=O)c1c(-c2ccc(F)cc2)oc2cc(N(C)S(C)(=O)=O)c(C3CCCN(C(=O)C(N)c4ccccc4F)C3)cc12. The second-order valence-electron chi connectivity index (χ2n) is 10.7. The monoisotopic (exact) mass is 610 g/mol. The van der Waals surface area contributed by atoms with Crippen LogP contribution < -0.4 is 15.4 Å². The second-order valence-corrected chi connectivity index (χ2v) is 12.7. The molecule has 2 heterocycles. The molecule has 0 bridgehead atoms. The predicted octanol–water partition coefficient (Wildman–Crippen LogP) is 4.54. The van der Waals surface area contributed by atoms with Crippen LogP contribution in [0.5, 0.6) is 0 Å². The highest BCUT2D eigenvalue weighted by molar-refractivity contribution is 7.92. The van der Waals surface area contributed by atoms with Gasteiger partial charge in [0.25, 0.3) is 5.91 Å². The first-order valence-corrected chi connectivity index (χ1v) is 15.6. The van der Waals surface area contributed by atoms with Crippen molar-refractivity contribution in [2.24, 2.45) is 5.73 Å². The third kappa shape index (κ3) is 5.84. The van der Waals surface area contributed by atoms with Crippen LogP contribution in [0.4, 0.5) is 14.5 Å². The number of furan rings is 1. The maximum Gasteiger partial charge on any atom is 0.255 e. The Kier molecular flexibility index (Phi) is 8.26. The van der Waals surface area contributed by atoms with Gasteiger partial charge in [0.1, 0.15) is 29.0 Å². The number of anilines is 1. The highest BCUT2D eigenvalue weighted by atomic mass is 32.2. The van der Waals surface area contributed by atoms with Crippen molar-refractivity contribution < 1.29 is 31.2 Å². The highest BCUT2D eigenvalue weighted by Gasteiger charge is 2.33. The van der Waals surface area contributed by atoms with E-state index in [1.807, 2.05) is 0 Å². The molecule has 4 aromatic rings. The van der Waals surface area contributed by atoms with Crippen molar-refractivity contribution in [2.75, 3.05) is 37.7 Å². The zero-order chi connectivity index (χ0) is 31.1. The van der Waals surface area contributed by atoms with E-state index in [-0.39, 0.29) is 34.9 Å². The number of fused-ring (bicyclic) bond motifs is 1. The summed E-state index contributed by atoms with van der Waals surface area (Å²) in [6.07, 6.45) is 2.29. The number of halogens is 2. The number of likely N-dealkylation sites (tertiary alicyclic amines) is 1. The van der Waals surface area contributed by atoms with Gasteiger partial charge >= 0.3 is 0 Å². The molecule has 0 aliphatic carbocycles. The molecule has 9 nitrogen and oxygen atoms in total. The normalized spacial score (nSPS) is 16.2. The van der Waals surface area contributed by atoms with Crippen molar-refractivity contribution in [3.63, 3.8) is 0 Å². The Morgan fingerprint density at radius 1 is 1.12 bits per heavy atom. The number of nitrogens with two attached hydrogens (primary N) is 1. The first-order valence-electron chi connectivity index (χ1n) is 13.7. The van der Waals surface area contributed by atoms with Crippen LogP contribution in [0.3, 0.4) is 0 Å². The summed E-state index contributed by atoms with van der Waals surface area (Å²) in [5.74, 6) is -2.04. The lowest BCUT2D eigenvalue weighted by molar-refractivity contribution is -0.134. The molecule has 0 spiro atoms. The molecule has 1 aliphatic heterocycles. The van der Waals surface area contributed by atoms with E-state index in [4.69, 9.17) is 10.2 Å². The highest BCUT2D eigenvalue weighted by Crippen LogP contribution is 2.42. The second kappa shape index (κ2) is 11.8. The number of sulfonamides is 1. The zero-order valence-corrected chi connectivity index (χ0v) is 24.8. The fourth-order valence-corrected chi connectivity index (χ4v) is 6.09. The Morgan fingerprint density at radius 3 is 2.47 bits per heavy atom. The van der Waals surface area contributed by atoms with Crippen LogP contribution in [0.1, 0.15) is 46.3 Å². The van der Waals surface area contributed by atoms with Gasteiger partial charge in [-0.05, 0) is 54.8 Å². The van der Waals surface area contributed by atoms with Gasteiger partial charge in [0.05, 0.1) is 17.5 Å². The number of nitrogens with zero attached hydrogens (tertiary/aromatic N) is 2. The standard InChI is InChI=1S/C31H32F2N4O5S/c1-35-30(38)27-23-15-22(19-7-6-14-37(17-19)31(39)28(34)21-8-4-5-9-24(21)33)25(36(2)43(3,40)41)16-26(23)42-29(27)18-10-12-20(32)13-11-18/h4-5,8-13,15-16,19,28H,6-7,14,17,34H2,1-3H3,(H,35,38). The molecule has 2 unspecified atom stereocenters. The van der Waals surface area contributed by atoms with Crippen LogP contribution in [-0.4, -0.2) is 58.6 Å². The number of rotatable bonds is 7. The summed E-state index contributed by atoms with van der Waals surface area (Å²) in [6.45, 7) is 0.607. The number of benzene rings is 3. The summed E-state index contributed by atoms with van der Waals surface area (Å²) in [7, 11) is -0.825. The van der Waals surface area contributed by atoms with Crippen molar-refractivity contribution >= 4 is 38.5 Å². The average Bonchev–Trinajstić information content (AvgIpc) is 3.37. The molecule has 2 amide bonds. The topological polar surface area (TPSA) is 126 Å². The lowest BCUT2D eigenvalue weighted by Gasteiger charge is -2.36. The van der Waals surface area contributed by atoms with E-state index in [1.165, 1.54) is 56.6 Å². The maximum absolute atomic E-state index is 14.4. The molecule has 3 N–H and O–H groups in total. The molecule has 1 aromatic heterocycles. The third-order valence-corrected chi connectivity index (χ3v) is 9.11. The Morgan fingerprint density at radius 2 is 1.81 bits per heavy atom. The lowest BCUT2D eigenvalue weighted by Crippen LogP contribution is -2.44. The Hall–Kier alpha value is -4.29. The molecule has 0 saturated carbocycles. The number of carbonyl (C=O) groups is 2. The van der Waals surface area contributed by atoms with Crippen LogP contribution in [0, 0.1) is 11.6 Å². The zero-order valence-electron chi connectivity index (χ0n) is 23.9. The number of hydrogen-bond acceptors (Lipinski definition) is 6. The van der Waals surface area contributed by atoms with Crippen LogP contribution >= 0.6 is 0 Å². The summed E-state index contributed by atoms with van der Waals surface area (Å²) in [5.41, 5.74) is 8.15. The minimum Gasteiger partial charge on any atom is -0.455 e. The number of piperidine rings is 1. The van der Waals surface area contributed by atoms with Crippen molar-refractivity contribution in [2.45, 2.75) is 24.8 Å². The smallest absolute Gasteiger partial charge is 0.255 e. The van der Waals surface area contributed by atoms with Gasteiger partial charge < -0.3 is 20.4 Å². The van der Waals surface area contributed by atoms with Gasteiger partial charge in [0, 0.05) is 55.7 Å². The van der Waals surface area contributed by atoms with Crippen LogP contribution in [0.25, 0.3) is 22.3 Å². The first kappa shape index (κ1) is 30.2. The van der Waals surface area contributed by atoms with Crippen LogP contribution in [0.2, 0.25) is 0 Å². The molecule has 1 aliphatic rings. The van der Waals surface area contributed by atoms with Crippen LogP contribution in [0.15, 0.2) is 65.1 Å². The van der Waals surface area contributed by atoms with Gasteiger partial charge in [-0.25, -0.2) is 17.2 Å². The predicted molar refractivity (Wildman–Crippen MR) is 160 cm³/mol. The molecule has 0 radical (unpaired) electrons. The Labute approximate surface area is 248 Å². The van der Waals surface area contributed by atoms with Crippen molar-refractivity contribution in [3.8, 4) is 11.3 Å². The van der Waals surface area contributed by atoms with Gasteiger partial charge in [0.2, 0.25) is 15.9 Å². The fraction of sp³-hybridized carbons (Fsp3) is 0.290. The molecule has 5 rings (SSSR count). The van der Waals surface area contributed by atoms with E-state index < -0.39 is 39.5 Å². The van der Waals surface area contributed by atoms with Crippen molar-refractivity contribution in [1.29, 1.82) is 0 Å². The average molecular weight is 611 g/mol. The van der Waals surface area contributed by atoms with Gasteiger partial charge in [-0.2, -0.15) is 0 Å². The van der Waals surface area contributed by atoms with E-state index in [1.54, 1.807) is 23.1 Å². The molecular weight excluding hydrogens is 578 g/mol. The van der Waals surface area contributed by atoms with Gasteiger partial charge in [-0.1, -0.05) is 18.2 Å². The molecule has 3 aromatic carbocycles. The van der Waals surface area contributed by atoms with Gasteiger partial charge in [0.15, 0.2) is 0 Å². The summed E-state index contributed by atoms with van der Waals surface area (Å²) < 4.78 is 60.8. The Bertz CT molecular complexity index is 1810. The summed E-state index contributed by atoms with van der Waals surface area (Å²) in [4.78, 5) is 28.1. The van der Waals surface area contributed by atoms with E-state index in [0.717, 1.165) is 10.6 Å². The lowest BCUT2D eigenvalue weighted by atomic mass is 9.87. The maximum atomic E-state index is 14.4. The van der Waals surface area contributed by atoms with E-state index >= 15 is 0 Å². The molecule has 1 fully saturated rings. The van der Waals surface area contributed by atoms with Crippen LogP contribution in [-0.2, 0) is 14.8 Å². The quantitative estimate of drug-likeness (QED) is 0.317. The Balaban J connectivity index is 1.62. The summed E-state index contributed by atoms with van der Waals surface area (Å²) in [5, 5.41) is 3.06. The molecule has 226 valence electrons. The third-order valence-electron chi connectivity index (χ3n) is 7.91. The largest absolute Gasteiger partial charge is 0.455 e. The molecule has 43 heavy (non-hydrogen) atoms. The number of hydrogen-bond donors (Lipinski definition) is 2. The minimum atomic E-state index is -3.72. The molecule has 1 saturated heterocycles. The number of carbonyl (C=O) groups excluding carboxylic acids is 2. The number of amides is 2. The van der Waals surface area contributed by atoms with Crippen molar-refractivity contribution in [3.05, 3.63) is 89.0 Å². The van der Waals surface area contributed by atoms with E-state index in [2.05, 4.69) is 5.32 Å². The summed E-state index contributed by atoms with van der Waals surface area (Å²) >= 11 is 0. The number of nitrogens with one attached hydrogen (secondary N) is 1. The van der Waals surface area contributed by atoms with E-state index in [0.29, 0.717) is 41.6 Å².